The number of nitrogens with one attached hydrogen (secondary N) is 1. The molecule has 0 aliphatic rings. The molecule has 0 bridgehead atoms. The molecule has 1 aromatic heterocycles. The van der Waals surface area contributed by atoms with E-state index in [0.29, 0.717) is 17.0 Å². The predicted octanol–water partition coefficient (Wildman–Crippen LogP) is 2.99. The molecule has 1 heterocycles. The Hall–Kier alpha value is -3.36. The number of nitrogens with zero attached hydrogens (tertiary/aromatic N) is 1. The highest BCUT2D eigenvalue weighted by Gasteiger charge is 2.28. The van der Waals surface area contributed by atoms with Gasteiger partial charge in [-0.15, -0.1) is 0 Å². The number of aromatic nitrogens is 1. The van der Waals surface area contributed by atoms with Crippen molar-refractivity contribution in [2.24, 2.45) is 0 Å². The minimum absolute atomic E-state index is 0.0595. The molecule has 0 unspecified atom stereocenters. The summed E-state index contributed by atoms with van der Waals surface area (Å²) < 4.78 is 15.2. The highest BCUT2D eigenvalue weighted by molar-refractivity contribution is 6.03. The van der Waals surface area contributed by atoms with E-state index in [4.69, 9.17) is 14.2 Å². The van der Waals surface area contributed by atoms with Gasteiger partial charge in [0, 0.05) is 5.69 Å². The first kappa shape index (κ1) is 20.0. The summed E-state index contributed by atoms with van der Waals surface area (Å²) in [4.78, 5) is 38.1. The molecule has 1 atom stereocenters. The van der Waals surface area contributed by atoms with Gasteiger partial charge in [-0.05, 0) is 38.5 Å². The number of ether oxygens (including phenoxy) is 3. The molecular formula is C18H20N2O7. The molecule has 0 spiro atoms. The first-order valence-electron chi connectivity index (χ1n) is 8.02. The summed E-state index contributed by atoms with van der Waals surface area (Å²) in [5, 5.41) is 11.2. The smallest absolute Gasteiger partial charge is 0.339 e. The number of H-pyrrole nitrogens is 1. The lowest BCUT2D eigenvalue weighted by molar-refractivity contribution is -0.386. The van der Waals surface area contributed by atoms with Gasteiger partial charge in [0.05, 0.1) is 36.5 Å². The largest absolute Gasteiger partial charge is 0.496 e. The fourth-order valence-electron chi connectivity index (χ4n) is 2.72. The summed E-state index contributed by atoms with van der Waals surface area (Å²) in [6.45, 7) is 4.74. The third-order valence-corrected chi connectivity index (χ3v) is 4.11. The summed E-state index contributed by atoms with van der Waals surface area (Å²) >= 11 is 0. The standard InChI is InChI=1S/C18H20N2O7/c1-9-15(18(22)26-5)10(2)19-16(9)17(21)11(3)27-14-7-6-12(25-4)8-13(14)20(23)24/h6-8,11,19H,1-5H3/t11-/m1/s1. The molecule has 0 saturated heterocycles. The zero-order valence-electron chi connectivity index (χ0n) is 15.6. The minimum atomic E-state index is -1.03. The molecule has 0 fully saturated rings. The van der Waals surface area contributed by atoms with Gasteiger partial charge in [0.25, 0.3) is 0 Å². The molecule has 0 aliphatic heterocycles. The van der Waals surface area contributed by atoms with Gasteiger partial charge >= 0.3 is 11.7 Å². The molecule has 0 aliphatic carbocycles. The van der Waals surface area contributed by atoms with E-state index >= 15 is 0 Å². The van der Waals surface area contributed by atoms with Gasteiger partial charge in [-0.2, -0.15) is 0 Å². The van der Waals surface area contributed by atoms with E-state index in [1.807, 2.05) is 0 Å². The Morgan fingerprint density at radius 2 is 1.89 bits per heavy atom. The quantitative estimate of drug-likeness (QED) is 0.341. The van der Waals surface area contributed by atoms with Crippen LogP contribution in [-0.2, 0) is 4.74 Å². The van der Waals surface area contributed by atoms with Gasteiger partial charge in [-0.1, -0.05) is 0 Å². The average Bonchev–Trinajstić information content (AvgIpc) is 2.94. The van der Waals surface area contributed by atoms with Crippen molar-refractivity contribution in [3.05, 3.63) is 50.8 Å². The van der Waals surface area contributed by atoms with Gasteiger partial charge in [-0.3, -0.25) is 14.9 Å². The number of carbonyl (C=O) groups excluding carboxylic acids is 2. The zero-order chi connectivity index (χ0) is 20.3. The van der Waals surface area contributed by atoms with Gasteiger partial charge in [0.2, 0.25) is 5.78 Å². The van der Waals surface area contributed by atoms with Crippen LogP contribution < -0.4 is 9.47 Å². The van der Waals surface area contributed by atoms with E-state index in [1.54, 1.807) is 13.8 Å². The number of nitro groups is 1. The Morgan fingerprint density at radius 1 is 1.22 bits per heavy atom. The van der Waals surface area contributed by atoms with E-state index < -0.39 is 22.8 Å². The number of benzene rings is 1. The van der Waals surface area contributed by atoms with Gasteiger partial charge < -0.3 is 19.2 Å². The maximum atomic E-state index is 12.7. The molecule has 2 aromatic rings. The monoisotopic (exact) mass is 376 g/mol. The third kappa shape index (κ3) is 3.91. The number of nitro benzene ring substituents is 1. The summed E-state index contributed by atoms with van der Waals surface area (Å²) in [5.74, 6) is -0.766. The minimum Gasteiger partial charge on any atom is -0.496 e. The molecule has 144 valence electrons. The van der Waals surface area contributed by atoms with E-state index in [0.717, 1.165) is 0 Å². The lowest BCUT2D eigenvalue weighted by Crippen LogP contribution is -2.25. The second-order valence-electron chi connectivity index (χ2n) is 5.83. The van der Waals surface area contributed by atoms with Gasteiger partial charge in [0.15, 0.2) is 11.9 Å². The second-order valence-corrected chi connectivity index (χ2v) is 5.83. The van der Waals surface area contributed by atoms with Crippen molar-refractivity contribution < 1.29 is 28.7 Å². The van der Waals surface area contributed by atoms with Crippen LogP contribution in [0.3, 0.4) is 0 Å². The molecule has 2 rings (SSSR count). The fourth-order valence-corrected chi connectivity index (χ4v) is 2.72. The van der Waals surface area contributed by atoms with Crippen LogP contribution in [-0.4, -0.2) is 42.0 Å². The maximum absolute atomic E-state index is 12.7. The Balaban J connectivity index is 2.32. The molecule has 0 radical (unpaired) electrons. The van der Waals surface area contributed by atoms with Crippen molar-refractivity contribution in [1.29, 1.82) is 0 Å². The van der Waals surface area contributed by atoms with Crippen LogP contribution in [0.25, 0.3) is 0 Å². The fraction of sp³-hybridized carbons (Fsp3) is 0.333. The van der Waals surface area contributed by atoms with Crippen LogP contribution in [0.5, 0.6) is 11.5 Å². The van der Waals surface area contributed by atoms with Crippen molar-refractivity contribution in [1.82, 2.24) is 4.98 Å². The van der Waals surface area contributed by atoms with Crippen LogP contribution >= 0.6 is 0 Å². The van der Waals surface area contributed by atoms with Crippen LogP contribution in [0.15, 0.2) is 18.2 Å². The molecule has 27 heavy (non-hydrogen) atoms. The summed E-state index contributed by atoms with van der Waals surface area (Å²) in [7, 11) is 2.64. The number of rotatable bonds is 7. The number of carbonyl (C=O) groups is 2. The Bertz CT molecular complexity index is 901. The average molecular weight is 376 g/mol. The van der Waals surface area contributed by atoms with Gasteiger partial charge in [0.1, 0.15) is 5.75 Å². The molecule has 1 N–H and O–H groups in total. The molecule has 0 saturated carbocycles. The van der Waals surface area contributed by atoms with E-state index in [2.05, 4.69) is 4.98 Å². The number of Topliss-reactive ketones (excluding diaryl/α,β-unsaturated/α-hetero) is 1. The van der Waals surface area contributed by atoms with E-state index in [9.17, 15) is 19.7 Å². The molecular weight excluding hydrogens is 356 g/mol. The Kier molecular flexibility index (Phi) is 5.84. The van der Waals surface area contributed by atoms with Crippen LogP contribution in [0.1, 0.15) is 39.0 Å². The van der Waals surface area contributed by atoms with Crippen molar-refractivity contribution >= 4 is 17.4 Å². The normalized spacial score (nSPS) is 11.6. The number of methoxy groups -OCH3 is 2. The van der Waals surface area contributed by atoms with Crippen molar-refractivity contribution in [2.75, 3.05) is 14.2 Å². The summed E-state index contributed by atoms with van der Waals surface area (Å²) in [6.07, 6.45) is -1.03. The number of ketones is 1. The Morgan fingerprint density at radius 3 is 2.44 bits per heavy atom. The lowest BCUT2D eigenvalue weighted by Gasteiger charge is -2.14. The molecule has 1 aromatic carbocycles. The lowest BCUT2D eigenvalue weighted by atomic mass is 10.1. The Labute approximate surface area is 155 Å². The summed E-state index contributed by atoms with van der Waals surface area (Å²) in [5.41, 5.74) is 1.08. The predicted molar refractivity (Wildman–Crippen MR) is 95.7 cm³/mol. The number of hydrogen-bond acceptors (Lipinski definition) is 7. The molecule has 0 amide bonds. The number of esters is 1. The van der Waals surface area contributed by atoms with Crippen molar-refractivity contribution in [3.63, 3.8) is 0 Å². The van der Waals surface area contributed by atoms with E-state index in [-0.39, 0.29) is 22.7 Å². The highest BCUT2D eigenvalue weighted by atomic mass is 16.6. The topological polar surface area (TPSA) is 121 Å². The van der Waals surface area contributed by atoms with Crippen molar-refractivity contribution in [2.45, 2.75) is 26.9 Å². The summed E-state index contributed by atoms with van der Waals surface area (Å²) in [6, 6.07) is 4.08. The number of aromatic amines is 1. The third-order valence-electron chi connectivity index (χ3n) is 4.11. The number of hydrogen-bond donors (Lipinski definition) is 1. The molecule has 9 nitrogen and oxygen atoms in total. The number of aryl methyl sites for hydroxylation is 1. The first-order chi connectivity index (χ1) is 12.7. The highest BCUT2D eigenvalue weighted by Crippen LogP contribution is 2.32. The van der Waals surface area contributed by atoms with E-state index in [1.165, 1.54) is 39.3 Å². The van der Waals surface area contributed by atoms with Gasteiger partial charge in [-0.25, -0.2) is 4.79 Å². The van der Waals surface area contributed by atoms with Crippen molar-refractivity contribution in [3.8, 4) is 11.5 Å². The first-order valence-corrected chi connectivity index (χ1v) is 8.02. The molecule has 9 heteroatoms. The second kappa shape index (κ2) is 7.90. The van der Waals surface area contributed by atoms with Crippen LogP contribution in [0, 0.1) is 24.0 Å². The van der Waals surface area contributed by atoms with Crippen LogP contribution in [0.2, 0.25) is 0 Å². The SMILES string of the molecule is COC(=O)c1c(C)[nH]c(C(=O)[C@@H](C)Oc2ccc(OC)cc2[N+](=O)[O-])c1C. The van der Waals surface area contributed by atoms with Crippen LogP contribution in [0.4, 0.5) is 5.69 Å². The zero-order valence-corrected chi connectivity index (χ0v) is 15.6. The maximum Gasteiger partial charge on any atom is 0.339 e.